The van der Waals surface area contributed by atoms with E-state index in [2.05, 4.69) is 0 Å². The van der Waals surface area contributed by atoms with Gasteiger partial charge in [-0.2, -0.15) is 0 Å². The lowest BCUT2D eigenvalue weighted by atomic mass is 10.1. The van der Waals surface area contributed by atoms with Gasteiger partial charge in [0.15, 0.2) is 0 Å². The smallest absolute Gasteiger partial charge is 0.263 e. The molecule has 27 heavy (non-hydrogen) atoms. The number of allylic oxidation sites excluding steroid dienone is 8. The molecule has 0 heterocycles. The predicted octanol–water partition coefficient (Wildman–Crippen LogP) is 5.60. The molecule has 0 saturated carbocycles. The number of halogens is 1. The molecule has 0 saturated heterocycles. The number of hydrogen-bond donors (Lipinski definition) is 0. The summed E-state index contributed by atoms with van der Waals surface area (Å²) in [7, 11) is -3.69. The topological polar surface area (TPSA) is 37.4 Å². The van der Waals surface area contributed by atoms with Gasteiger partial charge < -0.3 is 0 Å². The van der Waals surface area contributed by atoms with E-state index in [4.69, 9.17) is 0 Å². The van der Waals surface area contributed by atoms with Gasteiger partial charge in [0.1, 0.15) is 5.83 Å². The van der Waals surface area contributed by atoms with Crippen LogP contribution in [0.3, 0.4) is 0 Å². The van der Waals surface area contributed by atoms with Crippen LogP contribution in [0.5, 0.6) is 0 Å². The van der Waals surface area contributed by atoms with Crippen LogP contribution < -0.4 is 0 Å². The lowest BCUT2D eigenvalue weighted by Gasteiger charge is -2.25. The van der Waals surface area contributed by atoms with Gasteiger partial charge in [0, 0.05) is 12.1 Å². The first kappa shape index (κ1) is 20.9. The summed E-state index contributed by atoms with van der Waals surface area (Å²) in [5.41, 5.74) is 1.65. The second kappa shape index (κ2) is 10.1. The van der Waals surface area contributed by atoms with E-state index < -0.39 is 10.0 Å². The minimum atomic E-state index is -3.69. The zero-order valence-corrected chi connectivity index (χ0v) is 16.6. The molecule has 0 bridgehead atoms. The first-order valence-corrected chi connectivity index (χ1v) is 10.5. The minimum Gasteiger partial charge on any atom is -0.263 e. The van der Waals surface area contributed by atoms with Crippen LogP contribution in [0.15, 0.2) is 89.3 Å². The van der Waals surface area contributed by atoms with E-state index in [0.29, 0.717) is 5.70 Å². The largest absolute Gasteiger partial charge is 0.264 e. The summed E-state index contributed by atoms with van der Waals surface area (Å²) in [6.45, 7) is 3.89. The minimum absolute atomic E-state index is 0.137. The summed E-state index contributed by atoms with van der Waals surface area (Å²) in [6.07, 6.45) is 15.7. The molecule has 1 aliphatic carbocycles. The van der Waals surface area contributed by atoms with E-state index in [0.717, 1.165) is 18.4 Å². The van der Waals surface area contributed by atoms with Gasteiger partial charge in [-0.05, 0) is 51.0 Å². The highest BCUT2D eigenvalue weighted by Crippen LogP contribution is 2.24. The Kier molecular flexibility index (Phi) is 7.80. The number of rotatable bonds is 8. The van der Waals surface area contributed by atoms with Gasteiger partial charge in [-0.25, -0.2) is 12.8 Å². The highest BCUT2D eigenvalue weighted by molar-refractivity contribution is 7.89. The first-order chi connectivity index (χ1) is 12.9. The average Bonchev–Trinajstić information content (AvgIpc) is 2.67. The Balaban J connectivity index is 2.23. The third kappa shape index (κ3) is 6.07. The third-order valence-corrected chi connectivity index (χ3v) is 5.90. The summed E-state index contributed by atoms with van der Waals surface area (Å²) in [5, 5.41) is 0. The van der Waals surface area contributed by atoms with Gasteiger partial charge in [-0.1, -0.05) is 54.2 Å². The maximum atomic E-state index is 13.6. The Morgan fingerprint density at radius 3 is 2.56 bits per heavy atom. The zero-order valence-electron chi connectivity index (χ0n) is 15.8. The zero-order chi connectivity index (χ0) is 19.7. The average molecular weight is 388 g/mol. The maximum absolute atomic E-state index is 13.6. The SMILES string of the molecule is C/C=C\C=C(\F)C/C=C/CN(C1=CCCC=C1)S(=O)(=O)c1ccc(C)cc1. The molecule has 0 N–H and O–H groups in total. The van der Waals surface area contributed by atoms with E-state index in [1.165, 1.54) is 10.4 Å². The van der Waals surface area contributed by atoms with Crippen LogP contribution in [0.2, 0.25) is 0 Å². The summed E-state index contributed by atoms with van der Waals surface area (Å²) in [4.78, 5) is 0.250. The van der Waals surface area contributed by atoms with Gasteiger partial charge in [0.25, 0.3) is 10.0 Å². The quantitative estimate of drug-likeness (QED) is 0.430. The predicted molar refractivity (Wildman–Crippen MR) is 109 cm³/mol. The Bertz CT molecular complexity index is 875. The van der Waals surface area contributed by atoms with Crippen molar-refractivity contribution in [3.63, 3.8) is 0 Å². The molecule has 0 aromatic heterocycles. The van der Waals surface area contributed by atoms with Gasteiger partial charge >= 0.3 is 0 Å². The lowest BCUT2D eigenvalue weighted by molar-refractivity contribution is 0.507. The molecule has 0 amide bonds. The molecule has 0 atom stereocenters. The van der Waals surface area contributed by atoms with Gasteiger partial charge in [0.2, 0.25) is 0 Å². The van der Waals surface area contributed by atoms with Crippen molar-refractivity contribution in [1.82, 2.24) is 4.31 Å². The summed E-state index contributed by atoms with van der Waals surface area (Å²) < 4.78 is 41.3. The molecular formula is C22H26FNO2S. The van der Waals surface area contributed by atoms with E-state index in [1.54, 1.807) is 48.6 Å². The monoisotopic (exact) mass is 387 g/mol. The molecule has 5 heteroatoms. The number of hydrogen-bond acceptors (Lipinski definition) is 2. The summed E-state index contributed by atoms with van der Waals surface area (Å²) in [5.74, 6) is -0.269. The van der Waals surface area contributed by atoms with Crippen molar-refractivity contribution in [3.05, 3.63) is 90.0 Å². The number of sulfonamides is 1. The molecule has 0 unspecified atom stereocenters. The molecule has 144 valence electrons. The van der Waals surface area contributed by atoms with Crippen molar-refractivity contribution in [2.45, 2.75) is 38.0 Å². The van der Waals surface area contributed by atoms with Crippen LogP contribution in [0.4, 0.5) is 4.39 Å². The third-order valence-electron chi connectivity index (χ3n) is 4.09. The van der Waals surface area contributed by atoms with Gasteiger partial charge in [-0.15, -0.1) is 0 Å². The highest BCUT2D eigenvalue weighted by Gasteiger charge is 2.25. The van der Waals surface area contributed by atoms with Crippen LogP contribution in [-0.2, 0) is 10.0 Å². The van der Waals surface area contributed by atoms with Crippen LogP contribution in [0, 0.1) is 6.92 Å². The highest BCUT2D eigenvalue weighted by atomic mass is 32.2. The Morgan fingerprint density at radius 2 is 1.93 bits per heavy atom. The number of aryl methyl sites for hydroxylation is 1. The second-order valence-corrected chi connectivity index (χ2v) is 8.14. The maximum Gasteiger partial charge on any atom is 0.264 e. The number of benzene rings is 1. The molecule has 2 rings (SSSR count). The Labute approximate surface area is 162 Å². The van der Waals surface area contributed by atoms with Crippen LogP contribution in [0.1, 0.15) is 31.7 Å². The molecule has 1 aromatic rings. The normalized spacial score (nSPS) is 15.5. The van der Waals surface area contributed by atoms with E-state index in [1.807, 2.05) is 32.1 Å². The van der Waals surface area contributed by atoms with Crippen molar-refractivity contribution in [2.24, 2.45) is 0 Å². The van der Waals surface area contributed by atoms with Gasteiger partial charge in [0.05, 0.1) is 11.4 Å². The van der Waals surface area contributed by atoms with Gasteiger partial charge in [-0.3, -0.25) is 4.31 Å². The molecule has 3 nitrogen and oxygen atoms in total. The Hall–Kier alpha value is -2.40. The van der Waals surface area contributed by atoms with E-state index in [9.17, 15) is 12.8 Å². The summed E-state index contributed by atoms with van der Waals surface area (Å²) in [6, 6.07) is 6.81. The fourth-order valence-electron chi connectivity index (χ4n) is 2.60. The second-order valence-electron chi connectivity index (χ2n) is 6.27. The standard InChI is InChI=1S/C22H26FNO2S/c1-3-4-10-20(23)11-8-9-18-24(21-12-6-5-7-13-21)27(25,26)22-16-14-19(2)15-17-22/h3-4,6,8-10,12-17H,5,7,11,18H2,1-2H3/b4-3-,9-8+,20-10+. The Morgan fingerprint density at radius 1 is 1.19 bits per heavy atom. The van der Waals surface area contributed by atoms with Crippen LogP contribution in [-0.4, -0.2) is 19.3 Å². The van der Waals surface area contributed by atoms with Crippen LogP contribution in [0.25, 0.3) is 0 Å². The van der Waals surface area contributed by atoms with Crippen molar-refractivity contribution < 1.29 is 12.8 Å². The fourth-order valence-corrected chi connectivity index (χ4v) is 4.03. The molecular weight excluding hydrogens is 361 g/mol. The fraction of sp³-hybridized carbons (Fsp3) is 0.273. The van der Waals surface area contributed by atoms with Crippen molar-refractivity contribution >= 4 is 10.0 Å². The van der Waals surface area contributed by atoms with E-state index in [-0.39, 0.29) is 23.7 Å². The first-order valence-electron chi connectivity index (χ1n) is 9.03. The lowest BCUT2D eigenvalue weighted by Crippen LogP contribution is -2.30. The van der Waals surface area contributed by atoms with Crippen molar-refractivity contribution in [2.75, 3.05) is 6.54 Å². The van der Waals surface area contributed by atoms with Crippen molar-refractivity contribution in [3.8, 4) is 0 Å². The van der Waals surface area contributed by atoms with Crippen molar-refractivity contribution in [1.29, 1.82) is 0 Å². The molecule has 0 spiro atoms. The molecule has 1 aromatic carbocycles. The van der Waals surface area contributed by atoms with Crippen LogP contribution >= 0.6 is 0 Å². The molecule has 0 aliphatic heterocycles. The molecule has 1 aliphatic rings. The summed E-state index contributed by atoms with van der Waals surface area (Å²) >= 11 is 0. The van der Waals surface area contributed by atoms with E-state index >= 15 is 0 Å². The number of nitrogens with zero attached hydrogens (tertiary/aromatic N) is 1. The molecule has 0 radical (unpaired) electrons. The molecule has 0 fully saturated rings.